The maximum Gasteiger partial charge on any atom is 0.263 e. The lowest BCUT2D eigenvalue weighted by molar-refractivity contribution is 0.0869. The lowest BCUT2D eigenvalue weighted by Gasteiger charge is -2.32. The van der Waals surface area contributed by atoms with Crippen molar-refractivity contribution in [3.8, 4) is 11.1 Å². The molecule has 0 fully saturated rings. The van der Waals surface area contributed by atoms with Crippen molar-refractivity contribution in [3.63, 3.8) is 0 Å². The molecule has 0 bridgehead atoms. The zero-order valence-corrected chi connectivity index (χ0v) is 16.4. The molecule has 2 heterocycles. The smallest absolute Gasteiger partial charge is 0.263 e. The lowest BCUT2D eigenvalue weighted by Crippen LogP contribution is -2.49. The minimum Gasteiger partial charge on any atom is -0.341 e. The molecule has 0 saturated heterocycles. The van der Waals surface area contributed by atoms with Crippen LogP contribution in [0.5, 0.6) is 0 Å². The van der Waals surface area contributed by atoms with E-state index in [0.717, 1.165) is 16.7 Å². The number of guanidine groups is 1. The van der Waals surface area contributed by atoms with Gasteiger partial charge in [-0.2, -0.15) is 5.10 Å². The number of aryl methyl sites for hydroxylation is 1. The Morgan fingerprint density at radius 1 is 1.14 bits per heavy atom. The van der Waals surface area contributed by atoms with E-state index in [1.807, 2.05) is 49.4 Å². The Labute approximate surface area is 168 Å². The first-order valence-electron chi connectivity index (χ1n) is 9.11. The predicted molar refractivity (Wildman–Crippen MR) is 111 cm³/mol. The fraction of sp³-hybridized carbons (Fsp3) is 0.182. The number of carbonyl (C=O) groups is 1. The molecule has 0 spiro atoms. The summed E-state index contributed by atoms with van der Waals surface area (Å²) in [6.45, 7) is 9.20. The van der Waals surface area contributed by atoms with E-state index >= 15 is 0 Å². The number of nitrogens with one attached hydrogen (secondary N) is 2. The summed E-state index contributed by atoms with van der Waals surface area (Å²) in [6, 6.07) is 15.4. The Morgan fingerprint density at radius 3 is 2.55 bits per heavy atom. The number of amides is 1. The molecule has 1 aliphatic rings. The van der Waals surface area contributed by atoms with Crippen molar-refractivity contribution in [2.24, 2.45) is 7.05 Å². The third kappa shape index (κ3) is 2.86. The summed E-state index contributed by atoms with van der Waals surface area (Å²) in [7, 11) is 3.37. The minimum absolute atomic E-state index is 0.0223. The predicted octanol–water partition coefficient (Wildman–Crippen LogP) is 3.51. The van der Waals surface area contributed by atoms with Crippen molar-refractivity contribution in [1.82, 2.24) is 20.0 Å². The van der Waals surface area contributed by atoms with E-state index in [1.165, 1.54) is 4.90 Å². The van der Waals surface area contributed by atoms with Crippen molar-refractivity contribution in [2.75, 3.05) is 7.05 Å². The van der Waals surface area contributed by atoms with Crippen LogP contribution < -0.4 is 5.32 Å². The van der Waals surface area contributed by atoms with Crippen LogP contribution in [-0.4, -0.2) is 33.6 Å². The second kappa shape index (κ2) is 6.60. The maximum absolute atomic E-state index is 12.8. The summed E-state index contributed by atoms with van der Waals surface area (Å²) in [4.78, 5) is 17.6. The van der Waals surface area contributed by atoms with Crippen LogP contribution in [0.15, 0.2) is 54.7 Å². The molecular weight excluding hydrogens is 364 g/mol. The molecule has 1 amide bonds. The quantitative estimate of drug-likeness (QED) is 0.664. The van der Waals surface area contributed by atoms with Gasteiger partial charge in [-0.3, -0.25) is 19.8 Å². The van der Waals surface area contributed by atoms with Gasteiger partial charge in [-0.1, -0.05) is 36.4 Å². The van der Waals surface area contributed by atoms with Gasteiger partial charge in [0.05, 0.1) is 24.0 Å². The average Bonchev–Trinajstić information content (AvgIpc) is 3.11. The van der Waals surface area contributed by atoms with Gasteiger partial charge in [0.1, 0.15) is 5.54 Å². The fourth-order valence-electron chi connectivity index (χ4n) is 3.82. The molecular formula is C22H20N6O. The van der Waals surface area contributed by atoms with Crippen LogP contribution in [0.2, 0.25) is 0 Å². The largest absolute Gasteiger partial charge is 0.341 e. The first-order chi connectivity index (χ1) is 13.8. The van der Waals surface area contributed by atoms with Crippen molar-refractivity contribution in [3.05, 3.63) is 83.0 Å². The van der Waals surface area contributed by atoms with Crippen LogP contribution in [0.3, 0.4) is 0 Å². The highest BCUT2D eigenvalue weighted by Crippen LogP contribution is 2.36. The van der Waals surface area contributed by atoms with Crippen molar-refractivity contribution in [1.29, 1.82) is 5.41 Å². The van der Waals surface area contributed by atoms with Crippen LogP contribution in [0.1, 0.15) is 28.5 Å². The number of hydrogen-bond acceptors (Lipinski definition) is 3. The van der Waals surface area contributed by atoms with Crippen LogP contribution in [0.4, 0.5) is 5.69 Å². The number of rotatable bonds is 2. The Morgan fingerprint density at radius 2 is 1.83 bits per heavy atom. The fourth-order valence-corrected chi connectivity index (χ4v) is 3.82. The molecule has 7 heteroatoms. The molecule has 1 unspecified atom stereocenters. The Balaban J connectivity index is 1.90. The maximum atomic E-state index is 12.8. The van der Waals surface area contributed by atoms with Gasteiger partial charge in [-0.25, -0.2) is 4.85 Å². The SMILES string of the molecule is [C-]#[N+]c1cccc(-c2cccc(C3(C)NC(=N)N(C)C(=O)c4cnn(C)c43)c2)c1. The zero-order valence-electron chi connectivity index (χ0n) is 16.4. The van der Waals surface area contributed by atoms with Gasteiger partial charge >= 0.3 is 0 Å². The molecule has 3 aromatic rings. The first-order valence-corrected chi connectivity index (χ1v) is 9.11. The number of carbonyl (C=O) groups excluding carboxylic acids is 1. The number of nitrogens with zero attached hydrogens (tertiary/aromatic N) is 4. The molecule has 1 atom stereocenters. The molecule has 4 rings (SSSR count). The van der Waals surface area contributed by atoms with Gasteiger partial charge in [0.15, 0.2) is 11.6 Å². The second-order valence-electron chi connectivity index (χ2n) is 7.24. The monoisotopic (exact) mass is 384 g/mol. The molecule has 2 N–H and O–H groups in total. The topological polar surface area (TPSA) is 78.4 Å². The molecule has 29 heavy (non-hydrogen) atoms. The molecule has 0 saturated carbocycles. The summed E-state index contributed by atoms with van der Waals surface area (Å²) in [6.07, 6.45) is 1.55. The summed E-state index contributed by atoms with van der Waals surface area (Å²) >= 11 is 0. The standard InChI is InChI=1S/C22H20N6O/c1-22(19-18(13-25-28(19)4)20(29)27(3)21(23)26-22)16-9-5-7-14(11-16)15-8-6-10-17(12-15)24-2/h5-13H,1,3-4H3,(H2,23,26). The number of benzene rings is 2. The van der Waals surface area contributed by atoms with E-state index in [4.69, 9.17) is 12.0 Å². The van der Waals surface area contributed by atoms with Gasteiger partial charge in [0, 0.05) is 14.1 Å². The van der Waals surface area contributed by atoms with Crippen LogP contribution >= 0.6 is 0 Å². The van der Waals surface area contributed by atoms with Gasteiger partial charge in [-0.15, -0.1) is 0 Å². The number of hydrogen-bond donors (Lipinski definition) is 2. The molecule has 2 aromatic carbocycles. The third-order valence-corrected chi connectivity index (χ3v) is 5.40. The van der Waals surface area contributed by atoms with E-state index in [0.29, 0.717) is 16.9 Å². The number of aromatic nitrogens is 2. The van der Waals surface area contributed by atoms with E-state index in [2.05, 4.69) is 15.3 Å². The van der Waals surface area contributed by atoms with Crippen LogP contribution in [0, 0.1) is 12.0 Å². The van der Waals surface area contributed by atoms with Crippen molar-refractivity contribution >= 4 is 17.6 Å². The highest BCUT2D eigenvalue weighted by molar-refractivity contribution is 6.07. The van der Waals surface area contributed by atoms with Gasteiger partial charge in [-0.05, 0) is 35.7 Å². The lowest BCUT2D eigenvalue weighted by atomic mass is 9.85. The number of fused-ring (bicyclic) bond motifs is 1. The molecule has 1 aliphatic heterocycles. The summed E-state index contributed by atoms with van der Waals surface area (Å²) in [5.74, 6) is -0.246. The Bertz CT molecular complexity index is 1190. The van der Waals surface area contributed by atoms with E-state index in [9.17, 15) is 4.79 Å². The highest BCUT2D eigenvalue weighted by Gasteiger charge is 2.41. The highest BCUT2D eigenvalue weighted by atomic mass is 16.2. The Kier molecular flexibility index (Phi) is 4.20. The van der Waals surface area contributed by atoms with Gasteiger partial charge in [0.25, 0.3) is 5.91 Å². The molecule has 144 valence electrons. The Hall–Kier alpha value is -3.92. The van der Waals surface area contributed by atoms with Crippen molar-refractivity contribution in [2.45, 2.75) is 12.5 Å². The minimum atomic E-state index is -0.842. The summed E-state index contributed by atoms with van der Waals surface area (Å²) in [5, 5.41) is 15.9. The van der Waals surface area contributed by atoms with Gasteiger partial charge in [0.2, 0.25) is 0 Å². The van der Waals surface area contributed by atoms with E-state index in [-0.39, 0.29) is 11.9 Å². The average molecular weight is 384 g/mol. The second-order valence-corrected chi connectivity index (χ2v) is 7.24. The molecule has 0 aliphatic carbocycles. The summed E-state index contributed by atoms with van der Waals surface area (Å²) in [5.41, 5.74) is 3.68. The molecule has 7 nitrogen and oxygen atoms in total. The van der Waals surface area contributed by atoms with Crippen molar-refractivity contribution < 1.29 is 4.79 Å². The van der Waals surface area contributed by atoms with Crippen LogP contribution in [-0.2, 0) is 12.6 Å². The zero-order chi connectivity index (χ0) is 20.8. The summed E-state index contributed by atoms with van der Waals surface area (Å²) < 4.78 is 1.68. The molecule has 0 radical (unpaired) electrons. The van der Waals surface area contributed by atoms with Gasteiger partial charge < -0.3 is 5.32 Å². The van der Waals surface area contributed by atoms with Crippen LogP contribution in [0.25, 0.3) is 16.0 Å². The van der Waals surface area contributed by atoms with E-state index in [1.54, 1.807) is 31.0 Å². The normalized spacial score (nSPS) is 18.6. The molecule has 1 aromatic heterocycles. The first kappa shape index (κ1) is 18.4. The third-order valence-electron chi connectivity index (χ3n) is 5.40. The van der Waals surface area contributed by atoms with E-state index < -0.39 is 5.54 Å².